The number of benzene rings is 2. The van der Waals surface area contributed by atoms with Crippen molar-refractivity contribution in [3.8, 4) is 17.2 Å². The molecule has 2 aromatic carbocycles. The lowest BCUT2D eigenvalue weighted by atomic mass is 10.1. The molecule has 1 amide bonds. The van der Waals surface area contributed by atoms with Crippen LogP contribution in [0.4, 0.5) is 5.82 Å². The maximum Gasteiger partial charge on any atom is 0.293 e. The fourth-order valence-corrected chi connectivity index (χ4v) is 4.51. The Hall–Kier alpha value is -3.75. The Balaban J connectivity index is 1.56. The topological polar surface area (TPSA) is 86.1 Å². The number of fused-ring (bicyclic) bond motifs is 1. The zero-order valence-corrected chi connectivity index (χ0v) is 21.5. The van der Waals surface area contributed by atoms with E-state index in [2.05, 4.69) is 4.98 Å². The monoisotopic (exact) mass is 494 g/mol. The molecule has 0 bridgehead atoms. The minimum Gasteiger partial charge on any atom is -0.490 e. The predicted molar refractivity (Wildman–Crippen MR) is 140 cm³/mol. The highest BCUT2D eigenvalue weighted by Gasteiger charge is 2.27. The molecule has 36 heavy (non-hydrogen) atoms. The Morgan fingerprint density at radius 2 is 1.50 bits per heavy atom. The van der Waals surface area contributed by atoms with Crippen LogP contribution in [0.1, 0.15) is 38.1 Å². The van der Waals surface area contributed by atoms with Crippen LogP contribution in [-0.4, -0.2) is 66.4 Å². The molecule has 9 heteroatoms. The Bertz CT molecular complexity index is 1250. The molecule has 0 spiro atoms. The second-order valence-corrected chi connectivity index (χ2v) is 8.35. The molecule has 3 aromatic rings. The normalized spacial score (nSPS) is 13.7. The summed E-state index contributed by atoms with van der Waals surface area (Å²) in [5, 5.41) is 0. The third-order valence-electron chi connectivity index (χ3n) is 6.17. The number of hydrogen-bond donors (Lipinski definition) is 0. The Kier molecular flexibility index (Phi) is 7.97. The summed E-state index contributed by atoms with van der Waals surface area (Å²) in [7, 11) is 0. The second kappa shape index (κ2) is 11.3. The van der Waals surface area contributed by atoms with Crippen molar-refractivity contribution in [3.05, 3.63) is 52.3 Å². The molecule has 0 radical (unpaired) electrons. The van der Waals surface area contributed by atoms with Crippen molar-refractivity contribution < 1.29 is 19.0 Å². The Morgan fingerprint density at radius 3 is 2.08 bits per heavy atom. The van der Waals surface area contributed by atoms with Crippen LogP contribution >= 0.6 is 0 Å². The summed E-state index contributed by atoms with van der Waals surface area (Å²) in [5.41, 5.74) is 1.99. The van der Waals surface area contributed by atoms with E-state index in [0.29, 0.717) is 81.2 Å². The van der Waals surface area contributed by atoms with Gasteiger partial charge in [-0.2, -0.15) is 0 Å². The average Bonchev–Trinajstić information content (AvgIpc) is 2.90. The summed E-state index contributed by atoms with van der Waals surface area (Å²) in [5.74, 6) is 1.82. The number of aryl methyl sites for hydroxylation is 1. The fraction of sp³-hybridized carbons (Fsp3) is 0.444. The number of piperazine rings is 1. The molecular weight excluding hydrogens is 460 g/mol. The SMILES string of the molecule is CCOc1cc(C(=O)N2CCN(c3nc4ccccc4n(CC)c3=O)CC2)cc(OCC)c1OCC. The highest BCUT2D eigenvalue weighted by molar-refractivity contribution is 5.96. The van der Waals surface area contributed by atoms with E-state index in [-0.39, 0.29) is 11.5 Å². The van der Waals surface area contributed by atoms with Crippen molar-refractivity contribution in [2.45, 2.75) is 34.2 Å². The molecule has 4 rings (SSSR count). The lowest BCUT2D eigenvalue weighted by Crippen LogP contribution is -2.50. The highest BCUT2D eigenvalue weighted by Crippen LogP contribution is 2.39. The summed E-state index contributed by atoms with van der Waals surface area (Å²) in [6, 6.07) is 11.1. The summed E-state index contributed by atoms with van der Waals surface area (Å²) in [6.45, 7) is 11.5. The maximum atomic E-state index is 13.4. The van der Waals surface area contributed by atoms with E-state index < -0.39 is 0 Å². The van der Waals surface area contributed by atoms with Gasteiger partial charge in [-0.05, 0) is 52.0 Å². The van der Waals surface area contributed by atoms with Gasteiger partial charge in [0, 0.05) is 38.3 Å². The van der Waals surface area contributed by atoms with Crippen molar-refractivity contribution in [1.82, 2.24) is 14.5 Å². The van der Waals surface area contributed by atoms with E-state index in [1.165, 1.54) is 0 Å². The van der Waals surface area contributed by atoms with Gasteiger partial charge >= 0.3 is 0 Å². The zero-order valence-electron chi connectivity index (χ0n) is 21.5. The standard InChI is InChI=1S/C27H34N4O5/c1-5-31-21-12-10-9-11-20(21)28-25(27(31)33)29-13-15-30(16-14-29)26(32)19-17-22(34-6-2)24(36-8-4)23(18-19)35-7-3/h9-12,17-18H,5-8,13-16H2,1-4H3. The van der Waals surface area contributed by atoms with E-state index in [0.717, 1.165) is 11.0 Å². The van der Waals surface area contributed by atoms with Gasteiger partial charge in [0.05, 0.1) is 30.9 Å². The highest BCUT2D eigenvalue weighted by atomic mass is 16.5. The molecule has 2 heterocycles. The molecule has 0 atom stereocenters. The van der Waals surface area contributed by atoms with E-state index >= 15 is 0 Å². The number of hydrogen-bond acceptors (Lipinski definition) is 7. The number of para-hydroxylation sites is 2. The first kappa shape index (κ1) is 25.3. The molecule has 0 saturated carbocycles. The van der Waals surface area contributed by atoms with Crippen LogP contribution in [0.3, 0.4) is 0 Å². The van der Waals surface area contributed by atoms with Crippen LogP contribution in [0.5, 0.6) is 17.2 Å². The third kappa shape index (κ3) is 4.96. The Morgan fingerprint density at radius 1 is 0.889 bits per heavy atom. The molecule has 1 aliphatic rings. The number of nitrogens with zero attached hydrogens (tertiary/aromatic N) is 4. The quantitative estimate of drug-likeness (QED) is 0.449. The average molecular weight is 495 g/mol. The first-order valence-corrected chi connectivity index (χ1v) is 12.6. The van der Waals surface area contributed by atoms with Gasteiger partial charge in [0.25, 0.3) is 11.5 Å². The van der Waals surface area contributed by atoms with Crippen LogP contribution < -0.4 is 24.7 Å². The van der Waals surface area contributed by atoms with E-state index in [1.54, 1.807) is 21.6 Å². The van der Waals surface area contributed by atoms with Gasteiger partial charge in [-0.1, -0.05) is 12.1 Å². The first-order valence-electron chi connectivity index (χ1n) is 12.6. The molecule has 1 fully saturated rings. The van der Waals surface area contributed by atoms with Crippen LogP contribution in [0.2, 0.25) is 0 Å². The van der Waals surface area contributed by atoms with Crippen LogP contribution in [-0.2, 0) is 6.54 Å². The molecule has 192 valence electrons. The molecule has 9 nitrogen and oxygen atoms in total. The largest absolute Gasteiger partial charge is 0.490 e. The first-order chi connectivity index (χ1) is 17.5. The lowest BCUT2D eigenvalue weighted by Gasteiger charge is -2.35. The summed E-state index contributed by atoms with van der Waals surface area (Å²) in [6.07, 6.45) is 0. The van der Waals surface area contributed by atoms with Crippen molar-refractivity contribution in [1.29, 1.82) is 0 Å². The number of ether oxygens (including phenoxy) is 3. The molecule has 0 N–H and O–H groups in total. The number of anilines is 1. The number of amides is 1. The molecular formula is C27H34N4O5. The van der Waals surface area contributed by atoms with Crippen molar-refractivity contribution in [3.63, 3.8) is 0 Å². The molecule has 0 unspecified atom stereocenters. The van der Waals surface area contributed by atoms with Crippen LogP contribution in [0, 0.1) is 0 Å². The van der Waals surface area contributed by atoms with E-state index in [4.69, 9.17) is 14.2 Å². The van der Waals surface area contributed by atoms with Crippen molar-refractivity contribution >= 4 is 22.8 Å². The van der Waals surface area contributed by atoms with Crippen LogP contribution in [0.25, 0.3) is 11.0 Å². The number of aromatic nitrogens is 2. The fourth-order valence-electron chi connectivity index (χ4n) is 4.51. The Labute approximate surface area is 211 Å². The maximum absolute atomic E-state index is 13.4. The third-order valence-corrected chi connectivity index (χ3v) is 6.17. The molecule has 0 aliphatic carbocycles. The van der Waals surface area contributed by atoms with Gasteiger partial charge < -0.3 is 28.6 Å². The lowest BCUT2D eigenvalue weighted by molar-refractivity contribution is 0.0745. The summed E-state index contributed by atoms with van der Waals surface area (Å²) < 4.78 is 19.0. The van der Waals surface area contributed by atoms with Gasteiger partial charge in [0.2, 0.25) is 5.75 Å². The summed E-state index contributed by atoms with van der Waals surface area (Å²) >= 11 is 0. The molecule has 1 aromatic heterocycles. The summed E-state index contributed by atoms with van der Waals surface area (Å²) in [4.78, 5) is 35.0. The number of carbonyl (C=O) groups is 1. The predicted octanol–water partition coefficient (Wildman–Crippen LogP) is 3.57. The van der Waals surface area contributed by atoms with E-state index in [9.17, 15) is 9.59 Å². The second-order valence-electron chi connectivity index (χ2n) is 8.35. The minimum absolute atomic E-state index is 0.106. The van der Waals surface area contributed by atoms with Gasteiger partial charge in [0.1, 0.15) is 0 Å². The number of carbonyl (C=O) groups excluding carboxylic acids is 1. The van der Waals surface area contributed by atoms with Crippen molar-refractivity contribution in [2.75, 3.05) is 50.9 Å². The zero-order chi connectivity index (χ0) is 25.7. The van der Waals surface area contributed by atoms with Gasteiger partial charge in [-0.3, -0.25) is 9.59 Å². The molecule has 1 aliphatic heterocycles. The van der Waals surface area contributed by atoms with Gasteiger partial charge in [-0.25, -0.2) is 4.98 Å². The van der Waals surface area contributed by atoms with E-state index in [1.807, 2.05) is 56.9 Å². The molecule has 1 saturated heterocycles. The van der Waals surface area contributed by atoms with Gasteiger partial charge in [0.15, 0.2) is 17.3 Å². The minimum atomic E-state index is -0.114. The smallest absolute Gasteiger partial charge is 0.293 e. The van der Waals surface area contributed by atoms with Crippen molar-refractivity contribution in [2.24, 2.45) is 0 Å². The van der Waals surface area contributed by atoms with Crippen LogP contribution in [0.15, 0.2) is 41.2 Å². The van der Waals surface area contributed by atoms with Gasteiger partial charge in [-0.15, -0.1) is 0 Å². The number of rotatable bonds is 9.